The third kappa shape index (κ3) is 2.89. The maximum absolute atomic E-state index is 12.9. The number of nitrogens with zero attached hydrogens (tertiary/aromatic N) is 1. The lowest BCUT2D eigenvalue weighted by atomic mass is 9.75. The summed E-state index contributed by atoms with van der Waals surface area (Å²) in [5.74, 6) is 1.72. The number of hydrogen-bond donors (Lipinski definition) is 1. The van der Waals surface area contributed by atoms with Crippen molar-refractivity contribution in [1.29, 1.82) is 0 Å². The fraction of sp³-hybridized carbons (Fsp3) is 0.450. The second-order valence-corrected chi connectivity index (χ2v) is 7.12. The van der Waals surface area contributed by atoms with Crippen LogP contribution in [0.2, 0.25) is 0 Å². The van der Waals surface area contributed by atoms with Gasteiger partial charge in [0.05, 0.1) is 20.3 Å². The van der Waals surface area contributed by atoms with E-state index in [1.54, 1.807) is 24.1 Å². The van der Waals surface area contributed by atoms with Gasteiger partial charge in [0.25, 0.3) is 5.91 Å². The number of likely N-dealkylation sites (tertiary alicyclic amines) is 1. The van der Waals surface area contributed by atoms with Crippen LogP contribution in [0.1, 0.15) is 17.0 Å². The minimum absolute atomic E-state index is 0.0814. The molecule has 2 aromatic rings. The number of furan rings is 1. The van der Waals surface area contributed by atoms with Crippen LogP contribution in [-0.2, 0) is 4.74 Å². The van der Waals surface area contributed by atoms with Crippen molar-refractivity contribution in [3.8, 4) is 17.1 Å². The number of ether oxygens (including phenoxy) is 2. The molecule has 0 spiro atoms. The van der Waals surface area contributed by atoms with Gasteiger partial charge < -0.3 is 23.9 Å². The molecular formula is C20H23NO5. The molecule has 2 aliphatic rings. The van der Waals surface area contributed by atoms with E-state index in [2.05, 4.69) is 0 Å². The molecule has 3 heterocycles. The lowest BCUT2D eigenvalue weighted by molar-refractivity contribution is -0.0415. The summed E-state index contributed by atoms with van der Waals surface area (Å²) < 4.78 is 16.6. The average molecular weight is 357 g/mol. The largest absolute Gasteiger partial charge is 0.497 e. The quantitative estimate of drug-likeness (QED) is 0.910. The SMILES string of the molecule is COc1cccc(-c2ccc(C(=O)N3C[C@@H]4COCC[C@]4(CO)C3)o2)c1. The summed E-state index contributed by atoms with van der Waals surface area (Å²) in [4.78, 5) is 14.7. The maximum atomic E-state index is 12.9. The van der Waals surface area contributed by atoms with Gasteiger partial charge in [0.2, 0.25) is 0 Å². The number of carbonyl (C=O) groups is 1. The zero-order chi connectivity index (χ0) is 18.1. The first-order chi connectivity index (χ1) is 12.6. The molecule has 2 aliphatic heterocycles. The molecule has 1 aromatic heterocycles. The highest BCUT2D eigenvalue weighted by Gasteiger charge is 2.49. The zero-order valence-corrected chi connectivity index (χ0v) is 14.8. The van der Waals surface area contributed by atoms with Crippen LogP contribution in [0, 0.1) is 11.3 Å². The highest BCUT2D eigenvalue weighted by atomic mass is 16.5. The molecule has 2 saturated heterocycles. The van der Waals surface area contributed by atoms with E-state index in [-0.39, 0.29) is 23.8 Å². The van der Waals surface area contributed by atoms with Crippen LogP contribution >= 0.6 is 0 Å². The number of fused-ring (bicyclic) bond motifs is 1. The molecule has 0 saturated carbocycles. The minimum Gasteiger partial charge on any atom is -0.497 e. The van der Waals surface area contributed by atoms with Crippen LogP contribution in [0.3, 0.4) is 0 Å². The first-order valence-corrected chi connectivity index (χ1v) is 8.87. The van der Waals surface area contributed by atoms with Gasteiger partial charge in [-0.3, -0.25) is 4.79 Å². The van der Waals surface area contributed by atoms with Crippen LogP contribution in [0.25, 0.3) is 11.3 Å². The highest BCUT2D eigenvalue weighted by Crippen LogP contribution is 2.42. The predicted octanol–water partition coefficient (Wildman–Crippen LogP) is 2.43. The number of rotatable bonds is 4. The van der Waals surface area contributed by atoms with Gasteiger partial charge in [-0.2, -0.15) is 0 Å². The van der Waals surface area contributed by atoms with E-state index in [4.69, 9.17) is 13.9 Å². The Morgan fingerprint density at radius 2 is 2.27 bits per heavy atom. The maximum Gasteiger partial charge on any atom is 0.289 e. The standard InChI is InChI=1S/C20H23NO5/c1-24-16-4-2-3-14(9-16)17-5-6-18(26-17)19(23)21-10-15-11-25-8-7-20(15,12-21)13-22/h2-6,9,15,22H,7-8,10-13H2,1H3/t15-,20-/m1/s1. The summed E-state index contributed by atoms with van der Waals surface area (Å²) in [5.41, 5.74) is 0.620. The van der Waals surface area contributed by atoms with E-state index in [0.717, 1.165) is 17.7 Å². The Hall–Kier alpha value is -2.31. The van der Waals surface area contributed by atoms with Gasteiger partial charge in [0.15, 0.2) is 5.76 Å². The molecule has 1 N–H and O–H groups in total. The summed E-state index contributed by atoms with van der Waals surface area (Å²) in [6, 6.07) is 11.0. The third-order valence-electron chi connectivity index (χ3n) is 5.65. The van der Waals surface area contributed by atoms with Crippen LogP contribution in [0.4, 0.5) is 0 Å². The second-order valence-electron chi connectivity index (χ2n) is 7.12. The van der Waals surface area contributed by atoms with E-state index >= 15 is 0 Å². The van der Waals surface area contributed by atoms with Crippen molar-refractivity contribution < 1.29 is 23.8 Å². The van der Waals surface area contributed by atoms with E-state index in [1.807, 2.05) is 24.3 Å². The molecular weight excluding hydrogens is 334 g/mol. The van der Waals surface area contributed by atoms with E-state index < -0.39 is 0 Å². The first-order valence-electron chi connectivity index (χ1n) is 8.87. The fourth-order valence-electron chi connectivity index (χ4n) is 4.00. The number of amides is 1. The van der Waals surface area contributed by atoms with Crippen molar-refractivity contribution in [3.05, 3.63) is 42.2 Å². The topological polar surface area (TPSA) is 72.1 Å². The Morgan fingerprint density at radius 1 is 1.38 bits per heavy atom. The molecule has 0 aliphatic carbocycles. The molecule has 1 amide bonds. The molecule has 2 atom stereocenters. The van der Waals surface area contributed by atoms with Gasteiger partial charge in [-0.05, 0) is 30.7 Å². The summed E-state index contributed by atoms with van der Waals surface area (Å²) in [5, 5.41) is 9.90. The van der Waals surface area contributed by atoms with Crippen LogP contribution < -0.4 is 4.74 Å². The molecule has 6 nitrogen and oxygen atoms in total. The minimum atomic E-state index is -0.240. The van der Waals surface area contributed by atoms with Crippen molar-refractivity contribution in [2.45, 2.75) is 6.42 Å². The number of benzene rings is 1. The molecule has 0 bridgehead atoms. The molecule has 26 heavy (non-hydrogen) atoms. The molecule has 6 heteroatoms. The normalized spacial score (nSPS) is 25.2. The lowest BCUT2D eigenvalue weighted by Gasteiger charge is -2.36. The molecule has 0 unspecified atom stereocenters. The Balaban J connectivity index is 1.53. The van der Waals surface area contributed by atoms with Gasteiger partial charge in [0, 0.05) is 36.6 Å². The monoisotopic (exact) mass is 357 g/mol. The van der Waals surface area contributed by atoms with Crippen molar-refractivity contribution in [2.24, 2.45) is 11.3 Å². The first kappa shape index (κ1) is 17.1. The Labute approximate surface area is 152 Å². The molecule has 4 rings (SSSR count). The number of aliphatic hydroxyl groups is 1. The van der Waals surface area contributed by atoms with E-state index in [1.165, 1.54) is 0 Å². The van der Waals surface area contributed by atoms with E-state index in [9.17, 15) is 9.90 Å². The van der Waals surface area contributed by atoms with Gasteiger partial charge >= 0.3 is 0 Å². The highest BCUT2D eigenvalue weighted by molar-refractivity contribution is 5.92. The van der Waals surface area contributed by atoms with Crippen molar-refractivity contribution >= 4 is 5.91 Å². The third-order valence-corrected chi connectivity index (χ3v) is 5.65. The van der Waals surface area contributed by atoms with Crippen molar-refractivity contribution in [1.82, 2.24) is 4.90 Å². The lowest BCUT2D eigenvalue weighted by Crippen LogP contribution is -2.41. The van der Waals surface area contributed by atoms with E-state index in [0.29, 0.717) is 37.8 Å². The number of methoxy groups -OCH3 is 1. The Morgan fingerprint density at radius 3 is 3.04 bits per heavy atom. The van der Waals surface area contributed by atoms with Crippen molar-refractivity contribution in [3.63, 3.8) is 0 Å². The van der Waals surface area contributed by atoms with Gasteiger partial charge in [-0.25, -0.2) is 0 Å². The molecule has 138 valence electrons. The summed E-state index contributed by atoms with van der Waals surface area (Å²) in [6.45, 7) is 2.45. The predicted molar refractivity (Wildman–Crippen MR) is 95.0 cm³/mol. The van der Waals surface area contributed by atoms with Gasteiger partial charge in [-0.1, -0.05) is 12.1 Å². The van der Waals surface area contributed by atoms with Gasteiger partial charge in [0.1, 0.15) is 11.5 Å². The fourth-order valence-corrected chi connectivity index (χ4v) is 4.00. The summed E-state index contributed by atoms with van der Waals surface area (Å²) in [7, 11) is 1.61. The Kier molecular flexibility index (Phi) is 4.46. The van der Waals surface area contributed by atoms with Gasteiger partial charge in [-0.15, -0.1) is 0 Å². The molecule has 1 aromatic carbocycles. The Bertz CT molecular complexity index is 801. The number of hydrogen-bond acceptors (Lipinski definition) is 5. The van der Waals surface area contributed by atoms with Crippen LogP contribution in [0.5, 0.6) is 5.75 Å². The average Bonchev–Trinajstić information content (AvgIpc) is 3.33. The summed E-state index contributed by atoms with van der Waals surface area (Å²) in [6.07, 6.45) is 0.783. The second kappa shape index (κ2) is 6.78. The summed E-state index contributed by atoms with van der Waals surface area (Å²) >= 11 is 0. The van der Waals surface area contributed by atoms with Crippen LogP contribution in [0.15, 0.2) is 40.8 Å². The molecule has 0 radical (unpaired) electrons. The van der Waals surface area contributed by atoms with Crippen LogP contribution in [-0.4, -0.2) is 55.9 Å². The number of carbonyl (C=O) groups excluding carboxylic acids is 1. The smallest absolute Gasteiger partial charge is 0.289 e. The zero-order valence-electron chi connectivity index (χ0n) is 14.8. The van der Waals surface area contributed by atoms with Crippen molar-refractivity contribution in [2.75, 3.05) is 40.0 Å². The molecule has 2 fully saturated rings. The number of aliphatic hydroxyl groups excluding tert-OH is 1.